The van der Waals surface area contributed by atoms with Crippen LogP contribution in [0, 0.1) is 0 Å². The summed E-state index contributed by atoms with van der Waals surface area (Å²) in [4.78, 5) is 17.0. The minimum Gasteiger partial charge on any atom is -0.488 e. The van der Waals surface area contributed by atoms with Gasteiger partial charge in [-0.05, 0) is 30.3 Å². The Morgan fingerprint density at radius 2 is 1.93 bits per heavy atom. The van der Waals surface area contributed by atoms with Crippen molar-refractivity contribution in [2.75, 3.05) is 11.9 Å². The molecule has 0 aliphatic carbocycles. The first-order chi connectivity index (χ1) is 13.9. The Bertz CT molecular complexity index is 1090. The number of carbonyl (C=O) groups is 1. The Morgan fingerprint density at radius 1 is 1.10 bits per heavy atom. The number of nitrogens with one attached hydrogen (secondary N) is 1. The molecule has 0 saturated carbocycles. The number of ether oxygens (including phenoxy) is 1. The molecule has 29 heavy (non-hydrogen) atoms. The fraction of sp³-hybridized carbons (Fsp3) is 0.158. The number of amides is 1. The quantitative estimate of drug-likeness (QED) is 0.583. The summed E-state index contributed by atoms with van der Waals surface area (Å²) in [6.07, 6.45) is 0.110. The van der Waals surface area contributed by atoms with Gasteiger partial charge in [-0.25, -0.2) is 4.98 Å². The molecule has 10 heteroatoms. The number of fused-ring (bicyclic) bond motifs is 5. The third-order valence-electron chi connectivity index (χ3n) is 4.19. The van der Waals surface area contributed by atoms with Crippen LogP contribution >= 0.6 is 0 Å². The summed E-state index contributed by atoms with van der Waals surface area (Å²) in [7, 11) is 0. The first kappa shape index (κ1) is 18.7. The summed E-state index contributed by atoms with van der Waals surface area (Å²) in [6.45, 7) is 0.228. The number of alkyl halides is 3. The van der Waals surface area contributed by atoms with E-state index in [0.29, 0.717) is 18.1 Å². The van der Waals surface area contributed by atoms with Gasteiger partial charge in [0.05, 0.1) is 11.1 Å². The molecule has 0 saturated heterocycles. The molecule has 7 nitrogen and oxygen atoms in total. The first-order valence-electron chi connectivity index (χ1n) is 8.58. The van der Waals surface area contributed by atoms with Crippen LogP contribution in [0.25, 0.3) is 11.5 Å². The highest BCUT2D eigenvalue weighted by molar-refractivity contribution is 6.06. The molecule has 2 bridgehead atoms. The first-order valence-corrected chi connectivity index (χ1v) is 8.58. The van der Waals surface area contributed by atoms with E-state index in [1.165, 1.54) is 18.5 Å². The van der Waals surface area contributed by atoms with Gasteiger partial charge < -0.3 is 14.6 Å². The van der Waals surface area contributed by atoms with Crippen molar-refractivity contribution in [2.45, 2.75) is 12.7 Å². The molecule has 2 aromatic heterocycles. The smallest absolute Gasteiger partial charge is 0.419 e. The second-order valence-electron chi connectivity index (χ2n) is 6.13. The lowest BCUT2D eigenvalue weighted by Crippen LogP contribution is -2.18. The highest BCUT2D eigenvalue weighted by Crippen LogP contribution is 2.38. The Kier molecular flexibility index (Phi) is 4.75. The highest BCUT2D eigenvalue weighted by atomic mass is 19.4. The number of hydrogen-bond donors (Lipinski definition) is 1. The van der Waals surface area contributed by atoms with Gasteiger partial charge in [0.15, 0.2) is 5.82 Å². The number of halogens is 3. The summed E-state index contributed by atoms with van der Waals surface area (Å²) in [5.74, 6) is -0.639. The van der Waals surface area contributed by atoms with Gasteiger partial charge >= 0.3 is 6.18 Å². The largest absolute Gasteiger partial charge is 0.488 e. The van der Waals surface area contributed by atoms with E-state index in [0.717, 1.165) is 12.1 Å². The maximum atomic E-state index is 13.4. The number of allylic oxidation sites excluding steroid dienone is 1. The molecule has 0 radical (unpaired) electrons. The van der Waals surface area contributed by atoms with Crippen molar-refractivity contribution in [3.8, 4) is 17.3 Å². The fourth-order valence-corrected chi connectivity index (χ4v) is 2.88. The van der Waals surface area contributed by atoms with Crippen LogP contribution in [0.15, 0.2) is 54.9 Å². The lowest BCUT2D eigenvalue weighted by atomic mass is 10.1. The van der Waals surface area contributed by atoms with Gasteiger partial charge in [-0.15, -0.1) is 10.2 Å². The number of rotatable bonds is 0. The lowest BCUT2D eigenvalue weighted by molar-refractivity contribution is -0.138. The van der Waals surface area contributed by atoms with E-state index in [1.807, 2.05) is 0 Å². The molecule has 0 unspecified atom stereocenters. The average Bonchev–Trinajstić information content (AvgIpc) is 3.15. The number of nitrogens with zero attached hydrogens (tertiary/aromatic N) is 4. The summed E-state index contributed by atoms with van der Waals surface area (Å²) < 4.78 is 47.4. The molecule has 148 valence electrons. The van der Waals surface area contributed by atoms with E-state index in [2.05, 4.69) is 20.5 Å². The molecule has 0 atom stereocenters. The molecule has 1 amide bonds. The van der Waals surface area contributed by atoms with E-state index in [9.17, 15) is 18.0 Å². The maximum Gasteiger partial charge on any atom is 0.419 e. The molecule has 1 aromatic carbocycles. The van der Waals surface area contributed by atoms with Crippen LogP contribution in [0.1, 0.15) is 15.9 Å². The zero-order valence-electron chi connectivity index (χ0n) is 14.8. The monoisotopic (exact) mass is 401 g/mol. The zero-order chi connectivity index (χ0) is 20.4. The Labute approximate surface area is 162 Å². The molecule has 1 aliphatic heterocycles. The Balaban J connectivity index is 1.81. The van der Waals surface area contributed by atoms with Crippen LogP contribution in [0.5, 0.6) is 5.75 Å². The second kappa shape index (κ2) is 7.38. The predicted molar refractivity (Wildman–Crippen MR) is 97.3 cm³/mol. The zero-order valence-corrected chi connectivity index (χ0v) is 14.8. The molecule has 1 aliphatic rings. The van der Waals surface area contributed by atoms with Crippen LogP contribution in [0.4, 0.5) is 19.0 Å². The van der Waals surface area contributed by atoms with E-state index < -0.39 is 23.4 Å². The Hall–Kier alpha value is -3.69. The number of aromatic nitrogens is 4. The summed E-state index contributed by atoms with van der Waals surface area (Å²) in [6, 6.07) is 8.20. The van der Waals surface area contributed by atoms with Crippen molar-refractivity contribution in [1.82, 2.24) is 19.7 Å². The van der Waals surface area contributed by atoms with E-state index >= 15 is 0 Å². The molecular weight excluding hydrogens is 387 g/mol. The van der Waals surface area contributed by atoms with E-state index in [4.69, 9.17) is 4.74 Å². The van der Waals surface area contributed by atoms with Crippen LogP contribution in [0.2, 0.25) is 0 Å². The predicted octanol–water partition coefficient (Wildman–Crippen LogP) is 3.56. The normalized spacial score (nSPS) is 15.3. The molecule has 0 fully saturated rings. The standard InChI is InChI=1S/C19H14F3N5O2/c20-19(21,22)13-6-3-5-12-16(13)29-10-2-1-9-27-11-23-26-17(27)14-7-4-8-15(24-14)25-18(12)28/h1-8,11H,9-10H2,(H,24,25,28)/b2-1+. The van der Waals surface area contributed by atoms with Gasteiger partial charge in [0, 0.05) is 6.54 Å². The minimum atomic E-state index is -4.67. The van der Waals surface area contributed by atoms with Gasteiger partial charge in [0.25, 0.3) is 5.91 Å². The SMILES string of the molecule is O=C1Nc2cccc(n2)-c2nncn2C/C=C/COc2c1cccc2C(F)(F)F. The van der Waals surface area contributed by atoms with Crippen molar-refractivity contribution < 1.29 is 22.7 Å². The van der Waals surface area contributed by atoms with Crippen molar-refractivity contribution in [3.05, 3.63) is 66.0 Å². The summed E-state index contributed by atoms with van der Waals surface area (Å²) >= 11 is 0. The summed E-state index contributed by atoms with van der Waals surface area (Å²) in [5.41, 5.74) is -0.791. The van der Waals surface area contributed by atoms with Crippen LogP contribution < -0.4 is 10.1 Å². The van der Waals surface area contributed by atoms with Crippen molar-refractivity contribution in [3.63, 3.8) is 0 Å². The topological polar surface area (TPSA) is 81.9 Å². The van der Waals surface area contributed by atoms with E-state index in [-0.39, 0.29) is 18.0 Å². The molecular formula is C19H14F3N5O2. The third kappa shape index (κ3) is 3.82. The number of para-hydroxylation sites is 1. The van der Waals surface area contributed by atoms with E-state index in [1.54, 1.807) is 28.9 Å². The minimum absolute atomic E-state index is 0.144. The van der Waals surface area contributed by atoms with Gasteiger partial charge in [0.1, 0.15) is 30.2 Å². The summed E-state index contributed by atoms with van der Waals surface area (Å²) in [5, 5.41) is 10.4. The van der Waals surface area contributed by atoms with Crippen LogP contribution in [-0.2, 0) is 12.7 Å². The highest BCUT2D eigenvalue weighted by Gasteiger charge is 2.36. The van der Waals surface area contributed by atoms with Gasteiger partial charge in [-0.1, -0.05) is 18.2 Å². The van der Waals surface area contributed by atoms with Gasteiger partial charge in [-0.3, -0.25) is 4.79 Å². The number of hydrogen-bond acceptors (Lipinski definition) is 5. The molecule has 1 N–H and O–H groups in total. The number of pyridine rings is 1. The second-order valence-corrected chi connectivity index (χ2v) is 6.13. The van der Waals surface area contributed by atoms with Gasteiger partial charge in [-0.2, -0.15) is 13.2 Å². The molecule has 4 rings (SSSR count). The van der Waals surface area contributed by atoms with Crippen molar-refractivity contribution in [1.29, 1.82) is 0 Å². The molecule has 3 heterocycles. The molecule has 0 spiro atoms. The number of anilines is 1. The number of benzene rings is 1. The lowest BCUT2D eigenvalue weighted by Gasteiger charge is -2.17. The van der Waals surface area contributed by atoms with Gasteiger partial charge in [0.2, 0.25) is 0 Å². The van der Waals surface area contributed by atoms with Crippen molar-refractivity contribution >= 4 is 11.7 Å². The van der Waals surface area contributed by atoms with Crippen LogP contribution in [-0.4, -0.2) is 32.3 Å². The number of carbonyl (C=O) groups excluding carboxylic acids is 1. The van der Waals surface area contributed by atoms with Crippen molar-refractivity contribution in [2.24, 2.45) is 0 Å². The fourth-order valence-electron chi connectivity index (χ4n) is 2.88. The van der Waals surface area contributed by atoms with Crippen LogP contribution in [0.3, 0.4) is 0 Å². The third-order valence-corrected chi connectivity index (χ3v) is 4.19. The average molecular weight is 401 g/mol. The molecule has 3 aromatic rings. The Morgan fingerprint density at radius 3 is 2.76 bits per heavy atom. The maximum absolute atomic E-state index is 13.4.